The standard InChI is InChI=1S/C18H21N3O2S/c1-14(2)24(22,23)18(3,13-15-9-5-4-6-10-15)21-17-12-8-7-11-16(17)19-20-21/h4-12,14H,13H2,1-3H3. The Labute approximate surface area is 142 Å². The second kappa shape index (κ2) is 6.02. The van der Waals surface area contributed by atoms with Gasteiger partial charge in [-0.15, -0.1) is 5.10 Å². The van der Waals surface area contributed by atoms with Crippen LogP contribution in [-0.4, -0.2) is 28.7 Å². The fraction of sp³-hybridized carbons (Fsp3) is 0.333. The van der Waals surface area contributed by atoms with Crippen LogP contribution < -0.4 is 0 Å². The van der Waals surface area contributed by atoms with Gasteiger partial charge in [0.15, 0.2) is 14.7 Å². The Hall–Kier alpha value is -2.21. The first-order valence-electron chi connectivity index (χ1n) is 7.94. The lowest BCUT2D eigenvalue weighted by atomic mass is 10.1. The van der Waals surface area contributed by atoms with Gasteiger partial charge in [-0.3, -0.25) is 0 Å². The molecule has 0 aliphatic carbocycles. The molecule has 0 radical (unpaired) electrons. The zero-order valence-corrected chi connectivity index (χ0v) is 14.9. The van der Waals surface area contributed by atoms with E-state index in [1.807, 2.05) is 54.6 Å². The zero-order chi connectivity index (χ0) is 17.4. The van der Waals surface area contributed by atoms with E-state index in [1.165, 1.54) is 0 Å². The van der Waals surface area contributed by atoms with Crippen molar-refractivity contribution in [1.29, 1.82) is 0 Å². The van der Waals surface area contributed by atoms with E-state index in [-0.39, 0.29) is 0 Å². The van der Waals surface area contributed by atoms with Crippen LogP contribution in [0.3, 0.4) is 0 Å². The van der Waals surface area contributed by atoms with Crippen molar-refractivity contribution in [1.82, 2.24) is 15.0 Å². The van der Waals surface area contributed by atoms with Crippen LogP contribution in [0.15, 0.2) is 54.6 Å². The molecule has 1 atom stereocenters. The highest BCUT2D eigenvalue weighted by molar-refractivity contribution is 7.92. The van der Waals surface area contributed by atoms with Gasteiger partial charge in [-0.1, -0.05) is 47.7 Å². The van der Waals surface area contributed by atoms with Crippen molar-refractivity contribution in [3.05, 3.63) is 60.2 Å². The summed E-state index contributed by atoms with van der Waals surface area (Å²) >= 11 is 0. The third kappa shape index (κ3) is 2.60. The highest BCUT2D eigenvalue weighted by atomic mass is 32.2. The van der Waals surface area contributed by atoms with E-state index in [1.54, 1.807) is 25.5 Å². The molecule has 3 rings (SSSR count). The Kier molecular flexibility index (Phi) is 4.17. The van der Waals surface area contributed by atoms with E-state index >= 15 is 0 Å². The highest BCUT2D eigenvalue weighted by Crippen LogP contribution is 2.33. The van der Waals surface area contributed by atoms with Crippen LogP contribution in [0.5, 0.6) is 0 Å². The molecule has 0 N–H and O–H groups in total. The van der Waals surface area contributed by atoms with Gasteiger partial charge in [0.05, 0.1) is 10.8 Å². The largest absolute Gasteiger partial charge is 0.226 e. The predicted octanol–water partition coefficient (Wildman–Crippen LogP) is 3.17. The van der Waals surface area contributed by atoms with Crippen molar-refractivity contribution in [3.63, 3.8) is 0 Å². The number of rotatable bonds is 5. The maximum atomic E-state index is 13.2. The van der Waals surface area contributed by atoms with Crippen molar-refractivity contribution in [3.8, 4) is 0 Å². The van der Waals surface area contributed by atoms with Crippen molar-refractivity contribution in [2.75, 3.05) is 0 Å². The van der Waals surface area contributed by atoms with E-state index < -0.39 is 20.0 Å². The summed E-state index contributed by atoms with van der Waals surface area (Å²) in [5.74, 6) is 0. The van der Waals surface area contributed by atoms with Gasteiger partial charge in [-0.05, 0) is 38.5 Å². The van der Waals surface area contributed by atoms with E-state index in [2.05, 4.69) is 10.3 Å². The first-order valence-corrected chi connectivity index (χ1v) is 9.49. The first-order chi connectivity index (χ1) is 11.4. The molecule has 24 heavy (non-hydrogen) atoms. The second-order valence-corrected chi connectivity index (χ2v) is 9.33. The number of nitrogens with zero attached hydrogens (tertiary/aromatic N) is 3. The van der Waals surface area contributed by atoms with Crippen LogP contribution in [0.2, 0.25) is 0 Å². The molecule has 1 unspecified atom stereocenters. The summed E-state index contributed by atoms with van der Waals surface area (Å²) in [6.45, 7) is 5.14. The Morgan fingerprint density at radius 2 is 1.67 bits per heavy atom. The van der Waals surface area contributed by atoms with Crippen LogP contribution in [0.25, 0.3) is 11.0 Å². The molecule has 0 spiro atoms. The molecule has 1 aromatic heterocycles. The molecule has 0 amide bonds. The van der Waals surface area contributed by atoms with Gasteiger partial charge in [0.25, 0.3) is 0 Å². The maximum absolute atomic E-state index is 13.2. The van der Waals surface area contributed by atoms with Crippen LogP contribution in [-0.2, 0) is 21.1 Å². The average molecular weight is 343 g/mol. The maximum Gasteiger partial charge on any atom is 0.178 e. The van der Waals surface area contributed by atoms with Crippen LogP contribution >= 0.6 is 0 Å². The SMILES string of the molecule is CC(C)S(=O)(=O)C(C)(Cc1ccccc1)n1nnc2ccccc21. The number of hydrogen-bond donors (Lipinski definition) is 0. The lowest BCUT2D eigenvalue weighted by Crippen LogP contribution is -2.45. The van der Waals surface area contributed by atoms with Gasteiger partial charge in [-0.25, -0.2) is 13.1 Å². The fourth-order valence-corrected chi connectivity index (χ4v) is 4.76. The Morgan fingerprint density at radius 1 is 1.04 bits per heavy atom. The van der Waals surface area contributed by atoms with E-state index in [0.29, 0.717) is 11.9 Å². The second-order valence-electron chi connectivity index (χ2n) is 6.42. The van der Waals surface area contributed by atoms with E-state index in [9.17, 15) is 8.42 Å². The molecular weight excluding hydrogens is 322 g/mol. The van der Waals surface area contributed by atoms with Crippen molar-refractivity contribution >= 4 is 20.9 Å². The minimum Gasteiger partial charge on any atom is -0.226 e. The van der Waals surface area contributed by atoms with Gasteiger partial charge in [0, 0.05) is 6.42 Å². The molecule has 0 aliphatic rings. The summed E-state index contributed by atoms with van der Waals surface area (Å²) in [6.07, 6.45) is 0.335. The molecule has 2 aromatic carbocycles. The normalized spacial score (nSPS) is 14.8. The molecule has 6 heteroatoms. The monoisotopic (exact) mass is 343 g/mol. The molecule has 0 aliphatic heterocycles. The lowest BCUT2D eigenvalue weighted by molar-refractivity contribution is 0.392. The Bertz CT molecular complexity index is 949. The molecule has 0 saturated carbocycles. The molecule has 1 heterocycles. The van der Waals surface area contributed by atoms with E-state index in [4.69, 9.17) is 0 Å². The quantitative estimate of drug-likeness (QED) is 0.714. The number of hydrogen-bond acceptors (Lipinski definition) is 4. The molecule has 5 nitrogen and oxygen atoms in total. The average Bonchev–Trinajstić information content (AvgIpc) is 3.00. The van der Waals surface area contributed by atoms with Gasteiger partial charge >= 0.3 is 0 Å². The number of benzene rings is 2. The molecular formula is C18H21N3O2S. The summed E-state index contributed by atoms with van der Waals surface area (Å²) < 4.78 is 28.0. The van der Waals surface area contributed by atoms with Crippen molar-refractivity contribution in [2.24, 2.45) is 0 Å². The Balaban J connectivity index is 2.23. The van der Waals surface area contributed by atoms with Gasteiger partial charge < -0.3 is 0 Å². The number of aromatic nitrogens is 3. The summed E-state index contributed by atoms with van der Waals surface area (Å²) in [5, 5.41) is 7.83. The molecule has 0 bridgehead atoms. The Morgan fingerprint density at radius 3 is 2.33 bits per heavy atom. The summed E-state index contributed by atoms with van der Waals surface area (Å²) in [4.78, 5) is -1.21. The van der Waals surface area contributed by atoms with Gasteiger partial charge in [-0.2, -0.15) is 0 Å². The summed E-state index contributed by atoms with van der Waals surface area (Å²) in [6, 6.07) is 17.1. The van der Waals surface area contributed by atoms with Crippen molar-refractivity contribution in [2.45, 2.75) is 37.3 Å². The minimum atomic E-state index is -3.49. The predicted molar refractivity (Wildman–Crippen MR) is 95.4 cm³/mol. The van der Waals surface area contributed by atoms with Crippen molar-refractivity contribution < 1.29 is 8.42 Å². The lowest BCUT2D eigenvalue weighted by Gasteiger charge is -2.32. The fourth-order valence-electron chi connectivity index (χ4n) is 3.00. The minimum absolute atomic E-state index is 0.335. The molecule has 126 valence electrons. The smallest absolute Gasteiger partial charge is 0.178 e. The van der Waals surface area contributed by atoms with Gasteiger partial charge in [0.1, 0.15) is 5.52 Å². The number of fused-ring (bicyclic) bond motifs is 1. The number of sulfone groups is 1. The van der Waals surface area contributed by atoms with Gasteiger partial charge in [0.2, 0.25) is 0 Å². The number of para-hydroxylation sites is 1. The summed E-state index contributed by atoms with van der Waals surface area (Å²) in [5.41, 5.74) is 2.36. The molecule has 0 fully saturated rings. The third-order valence-corrected chi connectivity index (χ3v) is 7.19. The van der Waals surface area contributed by atoms with Crippen LogP contribution in [0, 0.1) is 0 Å². The highest BCUT2D eigenvalue weighted by Gasteiger charge is 2.44. The van der Waals surface area contributed by atoms with Crippen LogP contribution in [0.1, 0.15) is 26.3 Å². The third-order valence-electron chi connectivity index (χ3n) is 4.41. The topological polar surface area (TPSA) is 64.8 Å². The first kappa shape index (κ1) is 16.6. The molecule has 3 aromatic rings. The molecule has 0 saturated heterocycles. The van der Waals surface area contributed by atoms with Crippen LogP contribution in [0.4, 0.5) is 0 Å². The van der Waals surface area contributed by atoms with E-state index in [0.717, 1.165) is 11.1 Å². The zero-order valence-electron chi connectivity index (χ0n) is 14.0. The summed E-state index contributed by atoms with van der Waals surface area (Å²) in [7, 11) is -3.49.